The maximum atomic E-state index is 11.9. The molecule has 0 bridgehead atoms. The number of nitrogens with zero attached hydrogens (tertiary/aromatic N) is 2. The Balaban J connectivity index is 1.64. The maximum Gasteiger partial charge on any atom is 0.266 e. The van der Waals surface area contributed by atoms with Crippen molar-refractivity contribution in [2.75, 3.05) is 0 Å². The fourth-order valence-electron chi connectivity index (χ4n) is 2.40. The third-order valence-electron chi connectivity index (χ3n) is 3.93. The number of amides is 1. The van der Waals surface area contributed by atoms with E-state index in [-0.39, 0.29) is 11.5 Å². The summed E-state index contributed by atoms with van der Waals surface area (Å²) in [6.07, 6.45) is 3.22. The molecule has 2 aromatic rings. The molecule has 0 aliphatic heterocycles. The summed E-state index contributed by atoms with van der Waals surface area (Å²) in [7, 11) is 0. The summed E-state index contributed by atoms with van der Waals surface area (Å²) in [5.41, 5.74) is 2.80. The van der Waals surface area contributed by atoms with Crippen LogP contribution in [-0.2, 0) is 11.3 Å². The fourth-order valence-corrected chi connectivity index (χ4v) is 2.40. The molecule has 1 aliphatic carbocycles. The molecule has 3 rings (SSSR count). The highest BCUT2D eigenvalue weighted by Gasteiger charge is 2.22. The molecule has 0 radical (unpaired) electrons. The first-order valence-electron chi connectivity index (χ1n) is 8.06. The van der Waals surface area contributed by atoms with Gasteiger partial charge in [0.2, 0.25) is 5.91 Å². The van der Waals surface area contributed by atoms with Crippen molar-refractivity contribution in [2.24, 2.45) is 0 Å². The van der Waals surface area contributed by atoms with E-state index in [1.165, 1.54) is 16.3 Å². The maximum absolute atomic E-state index is 11.9. The molecule has 5 nitrogen and oxygen atoms in total. The molecule has 23 heavy (non-hydrogen) atoms. The molecule has 120 valence electrons. The molecule has 1 saturated carbocycles. The third-order valence-corrected chi connectivity index (χ3v) is 3.93. The number of rotatable bonds is 6. The van der Waals surface area contributed by atoms with E-state index in [4.69, 9.17) is 0 Å². The average molecular weight is 311 g/mol. The van der Waals surface area contributed by atoms with Crippen molar-refractivity contribution in [3.05, 3.63) is 52.3 Å². The van der Waals surface area contributed by atoms with Crippen LogP contribution in [0.25, 0.3) is 11.3 Å². The topological polar surface area (TPSA) is 64.0 Å². The van der Waals surface area contributed by atoms with Crippen LogP contribution in [0.4, 0.5) is 0 Å². The smallest absolute Gasteiger partial charge is 0.266 e. The van der Waals surface area contributed by atoms with Crippen LogP contribution >= 0.6 is 0 Å². The molecule has 1 N–H and O–H groups in total. The molecule has 0 atom stereocenters. The van der Waals surface area contributed by atoms with E-state index in [9.17, 15) is 9.59 Å². The van der Waals surface area contributed by atoms with Gasteiger partial charge < -0.3 is 5.32 Å². The van der Waals surface area contributed by atoms with Gasteiger partial charge in [0.25, 0.3) is 5.56 Å². The normalized spacial score (nSPS) is 13.8. The Kier molecular flexibility index (Phi) is 4.55. The molecule has 1 amide bonds. The predicted octanol–water partition coefficient (Wildman–Crippen LogP) is 2.28. The van der Waals surface area contributed by atoms with Crippen LogP contribution in [0.5, 0.6) is 0 Å². The summed E-state index contributed by atoms with van der Waals surface area (Å²) in [5.74, 6) is 0.0650. The summed E-state index contributed by atoms with van der Waals surface area (Å²) >= 11 is 0. The lowest BCUT2D eigenvalue weighted by Gasteiger charge is -2.08. The Labute approximate surface area is 135 Å². The number of hydrogen-bond donors (Lipinski definition) is 1. The van der Waals surface area contributed by atoms with Gasteiger partial charge in [0, 0.05) is 30.6 Å². The van der Waals surface area contributed by atoms with Crippen LogP contribution in [-0.4, -0.2) is 21.7 Å². The van der Waals surface area contributed by atoms with Gasteiger partial charge in [-0.1, -0.05) is 29.8 Å². The van der Waals surface area contributed by atoms with Crippen molar-refractivity contribution < 1.29 is 4.79 Å². The number of aryl methyl sites for hydroxylation is 2. The Bertz CT molecular complexity index is 746. The van der Waals surface area contributed by atoms with Gasteiger partial charge >= 0.3 is 0 Å². The summed E-state index contributed by atoms with van der Waals surface area (Å²) in [5, 5.41) is 7.37. The van der Waals surface area contributed by atoms with Crippen LogP contribution in [0.2, 0.25) is 0 Å². The summed E-state index contributed by atoms with van der Waals surface area (Å²) < 4.78 is 1.44. The number of nitrogens with one attached hydrogen (secondary N) is 1. The molecule has 1 fully saturated rings. The van der Waals surface area contributed by atoms with Crippen molar-refractivity contribution in [1.82, 2.24) is 15.1 Å². The van der Waals surface area contributed by atoms with E-state index >= 15 is 0 Å². The molecule has 0 spiro atoms. The highest BCUT2D eigenvalue weighted by Crippen LogP contribution is 2.19. The molecular weight excluding hydrogens is 290 g/mol. The minimum absolute atomic E-state index is 0.0650. The van der Waals surface area contributed by atoms with Crippen molar-refractivity contribution in [3.63, 3.8) is 0 Å². The van der Waals surface area contributed by atoms with Gasteiger partial charge in [-0.15, -0.1) is 0 Å². The van der Waals surface area contributed by atoms with Gasteiger partial charge in [-0.25, -0.2) is 4.68 Å². The van der Waals surface area contributed by atoms with Gasteiger partial charge in [-0.05, 0) is 32.3 Å². The first-order chi connectivity index (χ1) is 11.1. The summed E-state index contributed by atoms with van der Waals surface area (Å²) in [4.78, 5) is 23.6. The molecular formula is C18H21N3O2. The van der Waals surface area contributed by atoms with Crippen LogP contribution in [0.1, 0.15) is 31.2 Å². The van der Waals surface area contributed by atoms with Crippen molar-refractivity contribution in [3.8, 4) is 11.3 Å². The van der Waals surface area contributed by atoms with Crippen LogP contribution in [0.3, 0.4) is 0 Å². The molecule has 1 aliphatic rings. The van der Waals surface area contributed by atoms with Gasteiger partial charge in [0.1, 0.15) is 0 Å². The minimum atomic E-state index is -0.136. The van der Waals surface area contributed by atoms with E-state index in [2.05, 4.69) is 10.4 Å². The van der Waals surface area contributed by atoms with E-state index in [0.29, 0.717) is 25.4 Å². The van der Waals surface area contributed by atoms with Gasteiger partial charge in [0.15, 0.2) is 0 Å². The quantitative estimate of drug-likeness (QED) is 0.890. The first-order valence-corrected chi connectivity index (χ1v) is 8.06. The van der Waals surface area contributed by atoms with Crippen molar-refractivity contribution in [2.45, 2.75) is 45.2 Å². The molecule has 1 heterocycles. The van der Waals surface area contributed by atoms with E-state index in [1.807, 2.05) is 31.2 Å². The Morgan fingerprint density at radius 2 is 1.96 bits per heavy atom. The third kappa shape index (κ3) is 4.28. The predicted molar refractivity (Wildman–Crippen MR) is 89.1 cm³/mol. The second-order valence-electron chi connectivity index (χ2n) is 6.09. The minimum Gasteiger partial charge on any atom is -0.353 e. The van der Waals surface area contributed by atoms with E-state index in [0.717, 1.165) is 24.1 Å². The average Bonchev–Trinajstić information content (AvgIpc) is 3.34. The number of carbonyl (C=O) groups excluding carboxylic acids is 1. The fraction of sp³-hybridized carbons (Fsp3) is 0.389. The zero-order valence-electron chi connectivity index (χ0n) is 13.3. The molecule has 0 saturated heterocycles. The second kappa shape index (κ2) is 6.77. The molecule has 5 heteroatoms. The number of hydrogen-bond acceptors (Lipinski definition) is 3. The van der Waals surface area contributed by atoms with Gasteiger partial charge in [0.05, 0.1) is 5.69 Å². The lowest BCUT2D eigenvalue weighted by molar-refractivity contribution is -0.121. The lowest BCUT2D eigenvalue weighted by atomic mass is 10.1. The SMILES string of the molecule is Cc1ccc(-c2ccc(=O)n(CCCC(=O)NC3CC3)n2)cc1. The van der Waals surface area contributed by atoms with Gasteiger partial charge in [-0.2, -0.15) is 5.10 Å². The van der Waals surface area contributed by atoms with Crippen molar-refractivity contribution >= 4 is 5.91 Å². The van der Waals surface area contributed by atoms with Gasteiger partial charge in [-0.3, -0.25) is 9.59 Å². The number of carbonyl (C=O) groups is 1. The zero-order valence-corrected chi connectivity index (χ0v) is 13.3. The van der Waals surface area contributed by atoms with Crippen LogP contribution in [0, 0.1) is 6.92 Å². The lowest BCUT2D eigenvalue weighted by Crippen LogP contribution is -2.27. The second-order valence-corrected chi connectivity index (χ2v) is 6.09. The molecule has 0 unspecified atom stereocenters. The van der Waals surface area contributed by atoms with E-state index < -0.39 is 0 Å². The Morgan fingerprint density at radius 3 is 2.65 bits per heavy atom. The highest BCUT2D eigenvalue weighted by atomic mass is 16.1. The highest BCUT2D eigenvalue weighted by molar-refractivity contribution is 5.76. The standard InChI is InChI=1S/C18H21N3O2/c1-13-4-6-14(7-5-13)16-10-11-18(23)21(20-16)12-2-3-17(22)19-15-8-9-15/h4-7,10-11,15H,2-3,8-9,12H2,1H3,(H,19,22). The van der Waals surface area contributed by atoms with Crippen LogP contribution < -0.4 is 10.9 Å². The molecule has 1 aromatic heterocycles. The first kappa shape index (κ1) is 15.5. The van der Waals surface area contributed by atoms with Crippen LogP contribution in [0.15, 0.2) is 41.2 Å². The monoisotopic (exact) mass is 311 g/mol. The van der Waals surface area contributed by atoms with Crippen molar-refractivity contribution in [1.29, 1.82) is 0 Å². The van der Waals surface area contributed by atoms with E-state index in [1.54, 1.807) is 6.07 Å². The Hall–Kier alpha value is -2.43. The zero-order chi connectivity index (χ0) is 16.2. The largest absolute Gasteiger partial charge is 0.353 e. The Morgan fingerprint density at radius 1 is 1.22 bits per heavy atom. The summed E-state index contributed by atoms with van der Waals surface area (Å²) in [6.45, 7) is 2.49. The summed E-state index contributed by atoms with van der Waals surface area (Å²) in [6, 6.07) is 11.7. The number of aromatic nitrogens is 2. The molecule has 1 aromatic carbocycles. The number of benzene rings is 1.